The standard InChI is InChI=1S/C16H26N2O/c1-13(2)19-16-8-4-6-14(10-16)12-18(3)15-7-5-9-17-11-15/h4,6,8,10,13,15,17H,5,7,9,11-12H2,1-3H3. The lowest BCUT2D eigenvalue weighted by Gasteiger charge is -2.31. The van der Waals surface area contributed by atoms with Gasteiger partial charge >= 0.3 is 0 Å². The van der Waals surface area contributed by atoms with E-state index >= 15 is 0 Å². The smallest absolute Gasteiger partial charge is 0.120 e. The van der Waals surface area contributed by atoms with Crippen LogP contribution in [-0.4, -0.2) is 37.2 Å². The third-order valence-corrected chi connectivity index (χ3v) is 3.60. The van der Waals surface area contributed by atoms with Crippen LogP contribution in [0.1, 0.15) is 32.3 Å². The zero-order chi connectivity index (χ0) is 13.7. The van der Waals surface area contributed by atoms with Crippen LogP contribution in [0.2, 0.25) is 0 Å². The minimum atomic E-state index is 0.232. The summed E-state index contributed by atoms with van der Waals surface area (Å²) in [6.45, 7) is 7.39. The number of nitrogens with one attached hydrogen (secondary N) is 1. The highest BCUT2D eigenvalue weighted by atomic mass is 16.5. The van der Waals surface area contributed by atoms with Crippen LogP contribution in [-0.2, 0) is 6.54 Å². The van der Waals surface area contributed by atoms with Crippen molar-refractivity contribution in [3.05, 3.63) is 29.8 Å². The van der Waals surface area contributed by atoms with Crippen LogP contribution in [0.5, 0.6) is 5.75 Å². The van der Waals surface area contributed by atoms with Crippen LogP contribution in [0.4, 0.5) is 0 Å². The molecule has 3 heteroatoms. The molecule has 0 bridgehead atoms. The number of ether oxygens (including phenoxy) is 1. The molecule has 2 rings (SSSR count). The van der Waals surface area contributed by atoms with Crippen molar-refractivity contribution in [1.29, 1.82) is 0 Å². The zero-order valence-electron chi connectivity index (χ0n) is 12.4. The van der Waals surface area contributed by atoms with E-state index in [1.807, 2.05) is 6.07 Å². The summed E-state index contributed by atoms with van der Waals surface area (Å²) in [5.41, 5.74) is 1.33. The molecule has 0 radical (unpaired) electrons. The van der Waals surface area contributed by atoms with Gasteiger partial charge in [0.05, 0.1) is 6.10 Å². The molecule has 1 aliphatic heterocycles. The molecule has 1 fully saturated rings. The second-order valence-electron chi connectivity index (χ2n) is 5.73. The average molecular weight is 262 g/mol. The number of benzene rings is 1. The van der Waals surface area contributed by atoms with Gasteiger partial charge < -0.3 is 10.1 Å². The minimum absolute atomic E-state index is 0.232. The fraction of sp³-hybridized carbons (Fsp3) is 0.625. The molecule has 1 heterocycles. The lowest BCUT2D eigenvalue weighted by Crippen LogP contribution is -2.43. The Balaban J connectivity index is 1.93. The van der Waals surface area contributed by atoms with Crippen molar-refractivity contribution in [2.24, 2.45) is 0 Å². The van der Waals surface area contributed by atoms with Gasteiger partial charge in [-0.15, -0.1) is 0 Å². The number of likely N-dealkylation sites (N-methyl/N-ethyl adjacent to an activating group) is 1. The van der Waals surface area contributed by atoms with Gasteiger partial charge in [0.25, 0.3) is 0 Å². The van der Waals surface area contributed by atoms with Gasteiger partial charge in [-0.05, 0) is 58.0 Å². The molecule has 0 spiro atoms. The highest BCUT2D eigenvalue weighted by molar-refractivity contribution is 5.28. The minimum Gasteiger partial charge on any atom is -0.491 e. The van der Waals surface area contributed by atoms with Crippen molar-refractivity contribution in [2.75, 3.05) is 20.1 Å². The number of rotatable bonds is 5. The normalized spacial score (nSPS) is 19.9. The first-order valence-corrected chi connectivity index (χ1v) is 7.31. The van der Waals surface area contributed by atoms with Crippen LogP contribution in [0.25, 0.3) is 0 Å². The Kier molecular flexibility index (Phi) is 5.23. The molecule has 1 unspecified atom stereocenters. The first kappa shape index (κ1) is 14.4. The molecule has 1 atom stereocenters. The Morgan fingerprint density at radius 3 is 2.95 bits per heavy atom. The second-order valence-corrected chi connectivity index (χ2v) is 5.73. The summed E-state index contributed by atoms with van der Waals surface area (Å²) in [4.78, 5) is 2.45. The van der Waals surface area contributed by atoms with Crippen LogP contribution >= 0.6 is 0 Å². The maximum absolute atomic E-state index is 5.75. The highest BCUT2D eigenvalue weighted by Gasteiger charge is 2.17. The van der Waals surface area contributed by atoms with E-state index in [1.165, 1.54) is 24.9 Å². The van der Waals surface area contributed by atoms with E-state index in [4.69, 9.17) is 4.74 Å². The predicted molar refractivity (Wildman–Crippen MR) is 79.6 cm³/mol. The van der Waals surface area contributed by atoms with E-state index in [-0.39, 0.29) is 6.10 Å². The number of piperidine rings is 1. The summed E-state index contributed by atoms with van der Waals surface area (Å²) >= 11 is 0. The van der Waals surface area contributed by atoms with Gasteiger partial charge in [-0.3, -0.25) is 4.90 Å². The monoisotopic (exact) mass is 262 g/mol. The van der Waals surface area contributed by atoms with Crippen molar-refractivity contribution in [1.82, 2.24) is 10.2 Å². The molecular weight excluding hydrogens is 236 g/mol. The third-order valence-electron chi connectivity index (χ3n) is 3.60. The maximum atomic E-state index is 5.75. The predicted octanol–water partition coefficient (Wildman–Crippen LogP) is 2.66. The number of hydrogen-bond donors (Lipinski definition) is 1. The maximum Gasteiger partial charge on any atom is 0.120 e. The van der Waals surface area contributed by atoms with Gasteiger partial charge in [0.2, 0.25) is 0 Å². The molecule has 0 aliphatic carbocycles. The lowest BCUT2D eigenvalue weighted by atomic mass is 10.1. The molecule has 1 aromatic carbocycles. The fourth-order valence-electron chi connectivity index (χ4n) is 2.62. The Morgan fingerprint density at radius 2 is 2.26 bits per heavy atom. The van der Waals surface area contributed by atoms with Gasteiger partial charge in [-0.25, -0.2) is 0 Å². The molecule has 0 aromatic heterocycles. The van der Waals surface area contributed by atoms with Crippen molar-refractivity contribution < 1.29 is 4.74 Å². The SMILES string of the molecule is CC(C)Oc1cccc(CN(C)C2CCCNC2)c1. The van der Waals surface area contributed by atoms with Crippen LogP contribution in [0, 0.1) is 0 Å². The van der Waals surface area contributed by atoms with E-state index in [1.54, 1.807) is 0 Å². The van der Waals surface area contributed by atoms with Crippen molar-refractivity contribution in [2.45, 2.75) is 45.4 Å². The van der Waals surface area contributed by atoms with Gasteiger partial charge in [0.15, 0.2) is 0 Å². The zero-order valence-corrected chi connectivity index (χ0v) is 12.4. The van der Waals surface area contributed by atoms with Crippen LogP contribution in [0.15, 0.2) is 24.3 Å². The van der Waals surface area contributed by atoms with E-state index in [0.717, 1.165) is 18.8 Å². The molecule has 1 saturated heterocycles. The summed E-state index contributed by atoms with van der Waals surface area (Å²) in [5.74, 6) is 0.975. The summed E-state index contributed by atoms with van der Waals surface area (Å²) in [7, 11) is 2.22. The van der Waals surface area contributed by atoms with Crippen molar-refractivity contribution in [3.8, 4) is 5.75 Å². The molecule has 1 aliphatic rings. The first-order chi connectivity index (χ1) is 9.15. The second kappa shape index (κ2) is 6.92. The van der Waals surface area contributed by atoms with Gasteiger partial charge in [-0.1, -0.05) is 12.1 Å². The molecular formula is C16H26N2O. The molecule has 106 valence electrons. The molecule has 3 nitrogen and oxygen atoms in total. The summed E-state index contributed by atoms with van der Waals surface area (Å²) in [5, 5.41) is 3.47. The number of nitrogens with zero attached hydrogens (tertiary/aromatic N) is 1. The Morgan fingerprint density at radius 1 is 1.42 bits per heavy atom. The quantitative estimate of drug-likeness (QED) is 0.883. The fourth-order valence-corrected chi connectivity index (χ4v) is 2.62. The summed E-state index contributed by atoms with van der Waals surface area (Å²) in [6.07, 6.45) is 2.81. The molecule has 0 amide bonds. The van der Waals surface area contributed by atoms with Crippen LogP contribution < -0.4 is 10.1 Å². The Bertz CT molecular complexity index is 386. The molecule has 19 heavy (non-hydrogen) atoms. The highest BCUT2D eigenvalue weighted by Crippen LogP contribution is 2.18. The molecule has 0 saturated carbocycles. The largest absolute Gasteiger partial charge is 0.491 e. The molecule has 1 N–H and O–H groups in total. The van der Waals surface area contributed by atoms with Gasteiger partial charge in [-0.2, -0.15) is 0 Å². The topological polar surface area (TPSA) is 24.5 Å². The van der Waals surface area contributed by atoms with Crippen molar-refractivity contribution in [3.63, 3.8) is 0 Å². The Hall–Kier alpha value is -1.06. The van der Waals surface area contributed by atoms with E-state index in [9.17, 15) is 0 Å². The third kappa shape index (κ3) is 4.51. The Labute approximate surface area is 116 Å². The first-order valence-electron chi connectivity index (χ1n) is 7.31. The van der Waals surface area contributed by atoms with E-state index < -0.39 is 0 Å². The van der Waals surface area contributed by atoms with E-state index in [2.05, 4.69) is 49.3 Å². The summed E-state index contributed by atoms with van der Waals surface area (Å²) in [6, 6.07) is 9.11. The number of hydrogen-bond acceptors (Lipinski definition) is 3. The summed E-state index contributed by atoms with van der Waals surface area (Å²) < 4.78 is 5.75. The average Bonchev–Trinajstić information content (AvgIpc) is 2.39. The van der Waals surface area contributed by atoms with Crippen molar-refractivity contribution >= 4 is 0 Å². The van der Waals surface area contributed by atoms with Gasteiger partial charge in [0, 0.05) is 19.1 Å². The lowest BCUT2D eigenvalue weighted by molar-refractivity contribution is 0.195. The van der Waals surface area contributed by atoms with E-state index in [0.29, 0.717) is 6.04 Å². The van der Waals surface area contributed by atoms with Crippen LogP contribution in [0.3, 0.4) is 0 Å². The molecule has 1 aromatic rings. The van der Waals surface area contributed by atoms with Gasteiger partial charge in [0.1, 0.15) is 5.75 Å².